The minimum absolute atomic E-state index is 0.00613. The average Bonchev–Trinajstić information content (AvgIpc) is 2.80. The highest BCUT2D eigenvalue weighted by Gasteiger charge is 2.17. The van der Waals surface area contributed by atoms with Crippen LogP contribution in [0.2, 0.25) is 0 Å². The van der Waals surface area contributed by atoms with Crippen LogP contribution in [0.25, 0.3) is 16.7 Å². The van der Waals surface area contributed by atoms with Gasteiger partial charge in [0.05, 0.1) is 13.2 Å². The fraction of sp³-hybridized carbons (Fsp3) is 0.160. The number of carbonyl (C=O) groups is 1. The molecule has 0 unspecified atom stereocenters. The Hall–Kier alpha value is -2.89. The Morgan fingerprint density at radius 3 is 2.20 bits per heavy atom. The lowest BCUT2D eigenvalue weighted by Crippen LogP contribution is -2.39. The van der Waals surface area contributed by atoms with E-state index >= 15 is 0 Å². The molecule has 152 valence electrons. The molecular weight excluding hydrogens is 440 g/mol. The van der Waals surface area contributed by atoms with Crippen LogP contribution in [0.3, 0.4) is 0 Å². The van der Waals surface area contributed by atoms with Crippen LogP contribution in [0, 0.1) is 0 Å². The van der Waals surface area contributed by atoms with Crippen LogP contribution in [0.4, 0.5) is 5.69 Å². The van der Waals surface area contributed by atoms with E-state index < -0.39 is 0 Å². The summed E-state index contributed by atoms with van der Waals surface area (Å²) in [6.45, 7) is 2.38. The molecule has 3 aromatic carbocycles. The molecule has 0 aromatic heterocycles. The molecule has 1 aliphatic heterocycles. The van der Waals surface area contributed by atoms with E-state index in [4.69, 9.17) is 10.5 Å². The summed E-state index contributed by atoms with van der Waals surface area (Å²) in [6, 6.07) is 24.3. The number of hydrogen-bond acceptors (Lipinski definition) is 3. The van der Waals surface area contributed by atoms with Gasteiger partial charge < -0.3 is 15.4 Å². The van der Waals surface area contributed by atoms with Crippen LogP contribution in [0.1, 0.15) is 11.1 Å². The van der Waals surface area contributed by atoms with E-state index in [-0.39, 0.29) is 5.91 Å². The quantitative estimate of drug-likeness (QED) is 0.438. The fourth-order valence-corrected chi connectivity index (χ4v) is 3.88. The van der Waals surface area contributed by atoms with Crippen molar-refractivity contribution >= 4 is 33.1 Å². The topological polar surface area (TPSA) is 55.6 Å². The molecule has 1 heterocycles. The first-order valence-corrected chi connectivity index (χ1v) is 10.7. The Morgan fingerprint density at radius 1 is 0.900 bits per heavy atom. The summed E-state index contributed by atoms with van der Waals surface area (Å²) >= 11 is 3.51. The van der Waals surface area contributed by atoms with Crippen LogP contribution in [-0.4, -0.2) is 37.1 Å². The normalized spacial score (nSPS) is 14.6. The Bertz CT molecular complexity index is 1060. The molecule has 0 radical (unpaired) electrons. The molecule has 0 aliphatic carbocycles. The molecule has 30 heavy (non-hydrogen) atoms. The van der Waals surface area contributed by atoms with Crippen molar-refractivity contribution in [1.29, 1.82) is 0 Å². The SMILES string of the molecule is Nc1ccc(C(=CC(=O)N2CCOCC2)c2ccc(-c3ccccc3)cc2)cc1Br. The summed E-state index contributed by atoms with van der Waals surface area (Å²) in [6.07, 6.45) is 1.72. The maximum absolute atomic E-state index is 13.0. The minimum atomic E-state index is -0.00613. The molecule has 4 rings (SSSR count). The Labute approximate surface area is 185 Å². The van der Waals surface area contributed by atoms with Gasteiger partial charge in [-0.3, -0.25) is 4.79 Å². The zero-order valence-corrected chi connectivity index (χ0v) is 18.1. The molecular formula is C25H23BrN2O2. The number of hydrogen-bond donors (Lipinski definition) is 1. The average molecular weight is 463 g/mol. The number of morpholine rings is 1. The fourth-order valence-electron chi connectivity index (χ4n) is 3.50. The van der Waals surface area contributed by atoms with Crippen LogP contribution >= 0.6 is 15.9 Å². The summed E-state index contributed by atoms with van der Waals surface area (Å²) in [5, 5.41) is 0. The van der Waals surface area contributed by atoms with Gasteiger partial charge in [0.1, 0.15) is 0 Å². The molecule has 0 atom stereocenters. The number of nitrogens with two attached hydrogens (primary N) is 1. The number of carbonyl (C=O) groups excluding carboxylic acids is 1. The van der Waals surface area contributed by atoms with Gasteiger partial charge in [-0.1, -0.05) is 60.7 Å². The van der Waals surface area contributed by atoms with Crippen molar-refractivity contribution < 1.29 is 9.53 Å². The van der Waals surface area contributed by atoms with Gasteiger partial charge in [-0.15, -0.1) is 0 Å². The molecule has 0 bridgehead atoms. The largest absolute Gasteiger partial charge is 0.398 e. The van der Waals surface area contributed by atoms with Crippen molar-refractivity contribution in [2.45, 2.75) is 0 Å². The van der Waals surface area contributed by atoms with E-state index in [1.165, 1.54) is 0 Å². The van der Waals surface area contributed by atoms with Crippen molar-refractivity contribution in [2.75, 3.05) is 32.0 Å². The highest BCUT2D eigenvalue weighted by atomic mass is 79.9. The number of halogens is 1. The van der Waals surface area contributed by atoms with Crippen LogP contribution in [0.5, 0.6) is 0 Å². The van der Waals surface area contributed by atoms with Crippen molar-refractivity contribution in [3.8, 4) is 11.1 Å². The van der Waals surface area contributed by atoms with E-state index in [0.717, 1.165) is 32.3 Å². The van der Waals surface area contributed by atoms with Gasteiger partial charge in [0.15, 0.2) is 0 Å². The standard InChI is InChI=1S/C25H23BrN2O2/c26-23-16-21(10-11-24(23)27)22(17-25(29)28-12-14-30-15-13-28)20-8-6-19(7-9-20)18-4-2-1-3-5-18/h1-11,16-17H,12-15,27H2. The summed E-state index contributed by atoms with van der Waals surface area (Å²) in [5.74, 6) is -0.00613. The van der Waals surface area contributed by atoms with E-state index in [9.17, 15) is 4.79 Å². The molecule has 1 aliphatic rings. The van der Waals surface area contributed by atoms with Gasteiger partial charge in [-0.05, 0) is 55.9 Å². The van der Waals surface area contributed by atoms with Gasteiger partial charge in [0.25, 0.3) is 0 Å². The summed E-state index contributed by atoms with van der Waals surface area (Å²) in [4.78, 5) is 14.8. The predicted molar refractivity (Wildman–Crippen MR) is 125 cm³/mol. The van der Waals surface area contributed by atoms with Crippen molar-refractivity contribution in [2.24, 2.45) is 0 Å². The van der Waals surface area contributed by atoms with E-state index in [1.54, 1.807) is 6.08 Å². The summed E-state index contributed by atoms with van der Waals surface area (Å²) in [5.41, 5.74) is 11.7. The van der Waals surface area contributed by atoms with Crippen molar-refractivity contribution in [3.63, 3.8) is 0 Å². The second-order valence-electron chi connectivity index (χ2n) is 7.18. The van der Waals surface area contributed by atoms with Crippen LogP contribution < -0.4 is 5.73 Å². The Balaban J connectivity index is 1.72. The van der Waals surface area contributed by atoms with Gasteiger partial charge in [0.2, 0.25) is 5.91 Å². The number of ether oxygens (including phenoxy) is 1. The molecule has 5 heteroatoms. The molecule has 3 aromatic rings. The lowest BCUT2D eigenvalue weighted by Gasteiger charge is -2.26. The molecule has 0 spiro atoms. The maximum Gasteiger partial charge on any atom is 0.247 e. The Morgan fingerprint density at radius 2 is 1.53 bits per heavy atom. The predicted octanol–water partition coefficient (Wildman–Crippen LogP) is 4.99. The zero-order valence-electron chi connectivity index (χ0n) is 16.6. The summed E-state index contributed by atoms with van der Waals surface area (Å²) in [7, 11) is 0. The van der Waals surface area contributed by atoms with Gasteiger partial charge in [-0.25, -0.2) is 0 Å². The smallest absolute Gasteiger partial charge is 0.247 e. The zero-order chi connectivity index (χ0) is 20.9. The number of benzene rings is 3. The van der Waals surface area contributed by atoms with E-state index in [2.05, 4.69) is 52.3 Å². The molecule has 1 fully saturated rings. The lowest BCUT2D eigenvalue weighted by molar-refractivity contribution is -0.129. The second kappa shape index (κ2) is 9.28. The van der Waals surface area contributed by atoms with E-state index in [1.807, 2.05) is 41.3 Å². The third kappa shape index (κ3) is 4.64. The molecule has 2 N–H and O–H groups in total. The third-order valence-corrected chi connectivity index (χ3v) is 5.89. The molecule has 4 nitrogen and oxygen atoms in total. The molecule has 0 saturated carbocycles. The highest BCUT2D eigenvalue weighted by molar-refractivity contribution is 9.10. The summed E-state index contributed by atoms with van der Waals surface area (Å²) < 4.78 is 6.18. The number of anilines is 1. The van der Waals surface area contributed by atoms with Crippen molar-refractivity contribution in [3.05, 3.63) is 94.5 Å². The minimum Gasteiger partial charge on any atom is -0.398 e. The Kier molecular flexibility index (Phi) is 6.31. The monoisotopic (exact) mass is 462 g/mol. The van der Waals surface area contributed by atoms with Gasteiger partial charge in [-0.2, -0.15) is 0 Å². The number of nitrogens with zero attached hydrogens (tertiary/aromatic N) is 1. The van der Waals surface area contributed by atoms with Crippen molar-refractivity contribution in [1.82, 2.24) is 4.90 Å². The molecule has 1 saturated heterocycles. The van der Waals surface area contributed by atoms with Gasteiger partial charge >= 0.3 is 0 Å². The number of amides is 1. The van der Waals surface area contributed by atoms with Crippen LogP contribution in [0.15, 0.2) is 83.3 Å². The maximum atomic E-state index is 13.0. The number of rotatable bonds is 4. The first kappa shape index (κ1) is 20.4. The highest BCUT2D eigenvalue weighted by Crippen LogP contribution is 2.30. The lowest BCUT2D eigenvalue weighted by atomic mass is 9.95. The first-order valence-electron chi connectivity index (χ1n) is 9.91. The first-order chi connectivity index (χ1) is 14.6. The van der Waals surface area contributed by atoms with Crippen LogP contribution in [-0.2, 0) is 9.53 Å². The number of nitrogen functional groups attached to an aromatic ring is 1. The third-order valence-electron chi connectivity index (χ3n) is 5.21. The van der Waals surface area contributed by atoms with E-state index in [0.29, 0.717) is 32.0 Å². The molecule has 1 amide bonds. The second-order valence-corrected chi connectivity index (χ2v) is 8.03. The van der Waals surface area contributed by atoms with Gasteiger partial charge in [0, 0.05) is 29.3 Å².